The van der Waals surface area contributed by atoms with Gasteiger partial charge in [-0.3, -0.25) is 4.79 Å². The fourth-order valence-electron chi connectivity index (χ4n) is 2.94. The minimum Gasteiger partial charge on any atom is -0.493 e. The molecule has 3 rings (SSSR count). The zero-order valence-electron chi connectivity index (χ0n) is 17.5. The monoisotopic (exact) mass is 535 g/mol. The van der Waals surface area contributed by atoms with E-state index in [1.165, 1.54) is 4.68 Å². The van der Waals surface area contributed by atoms with Crippen LogP contribution in [0.1, 0.15) is 39.1 Å². The number of halogens is 2. The molecule has 6 nitrogen and oxygen atoms in total. The predicted molar refractivity (Wildman–Crippen MR) is 127 cm³/mol. The van der Waals surface area contributed by atoms with E-state index in [4.69, 9.17) is 14.5 Å². The van der Waals surface area contributed by atoms with E-state index in [-0.39, 0.29) is 11.0 Å². The number of rotatable bonds is 5. The van der Waals surface area contributed by atoms with Gasteiger partial charge in [-0.1, -0.05) is 36.7 Å². The second-order valence-electron chi connectivity index (χ2n) is 7.67. The lowest BCUT2D eigenvalue weighted by Gasteiger charge is -2.21. The van der Waals surface area contributed by atoms with Gasteiger partial charge in [0.25, 0.3) is 5.56 Å². The third-order valence-corrected chi connectivity index (χ3v) is 5.55. The Balaban J connectivity index is 2.20. The Morgan fingerprint density at radius 1 is 1.17 bits per heavy atom. The molecule has 1 aromatic heterocycles. The van der Waals surface area contributed by atoms with Gasteiger partial charge in [-0.15, -0.1) is 0 Å². The molecule has 0 aliphatic carbocycles. The van der Waals surface area contributed by atoms with Crippen LogP contribution in [-0.2, 0) is 5.41 Å². The first-order valence-electron chi connectivity index (χ1n) is 9.43. The number of methoxy groups -OCH3 is 1. The summed E-state index contributed by atoms with van der Waals surface area (Å²) in [4.78, 5) is 18.0. The largest absolute Gasteiger partial charge is 0.493 e. The average molecular weight is 537 g/mol. The fraction of sp³-hybridized carbons (Fsp3) is 0.318. The van der Waals surface area contributed by atoms with Crippen LogP contribution in [0.5, 0.6) is 11.5 Å². The van der Waals surface area contributed by atoms with E-state index in [9.17, 15) is 4.79 Å². The third-order valence-electron chi connectivity index (χ3n) is 4.37. The van der Waals surface area contributed by atoms with Crippen LogP contribution in [0.3, 0.4) is 0 Å². The Morgan fingerprint density at radius 3 is 2.53 bits per heavy atom. The molecule has 0 unspecified atom stereocenters. The molecule has 0 N–H and O–H groups in total. The number of hydrogen-bond acceptors (Lipinski definition) is 5. The van der Waals surface area contributed by atoms with E-state index in [2.05, 4.69) is 37.0 Å². The zero-order valence-corrected chi connectivity index (χ0v) is 20.7. The number of aromatic nitrogens is 2. The van der Waals surface area contributed by atoms with E-state index in [0.717, 1.165) is 14.5 Å². The summed E-state index contributed by atoms with van der Waals surface area (Å²) in [7, 11) is 1.59. The van der Waals surface area contributed by atoms with Gasteiger partial charge in [0.15, 0.2) is 11.5 Å². The minimum atomic E-state index is -0.384. The highest BCUT2D eigenvalue weighted by Crippen LogP contribution is 2.33. The van der Waals surface area contributed by atoms with Crippen molar-refractivity contribution in [2.75, 3.05) is 13.7 Å². The molecule has 0 spiro atoms. The van der Waals surface area contributed by atoms with Gasteiger partial charge < -0.3 is 9.47 Å². The van der Waals surface area contributed by atoms with Gasteiger partial charge >= 0.3 is 0 Å². The molecular formula is C22H23Br2N3O3. The second kappa shape index (κ2) is 8.89. The molecule has 0 radical (unpaired) electrons. The van der Waals surface area contributed by atoms with Crippen molar-refractivity contribution in [2.45, 2.75) is 33.1 Å². The Hall–Kier alpha value is -2.19. The van der Waals surface area contributed by atoms with Crippen molar-refractivity contribution < 1.29 is 9.47 Å². The maximum Gasteiger partial charge on any atom is 0.282 e. The molecule has 0 bridgehead atoms. The average Bonchev–Trinajstić information content (AvgIpc) is 2.68. The standard InChI is InChI=1S/C22H23Br2N3O3/c1-6-30-19-9-13(16(24)11-18(19)29-5)12-25-27-20(28)15-10-14(23)7-8-17(15)26-21(27)22(2,3)4/h7-12H,6H2,1-5H3. The lowest BCUT2D eigenvalue weighted by molar-refractivity contribution is 0.311. The number of fused-ring (bicyclic) bond motifs is 1. The summed E-state index contributed by atoms with van der Waals surface area (Å²) < 4.78 is 14.0. The zero-order chi connectivity index (χ0) is 22.1. The van der Waals surface area contributed by atoms with Crippen molar-refractivity contribution >= 4 is 49.0 Å². The molecule has 0 fully saturated rings. The van der Waals surface area contributed by atoms with E-state index < -0.39 is 0 Å². The lowest BCUT2D eigenvalue weighted by atomic mass is 9.95. The molecule has 2 aromatic carbocycles. The van der Waals surface area contributed by atoms with Crippen LogP contribution in [0.15, 0.2) is 49.2 Å². The maximum atomic E-state index is 13.3. The summed E-state index contributed by atoms with van der Waals surface area (Å²) in [5, 5.41) is 5.01. The summed E-state index contributed by atoms with van der Waals surface area (Å²) in [6.45, 7) is 8.42. The molecule has 0 saturated heterocycles. The normalized spacial score (nSPS) is 12.0. The van der Waals surface area contributed by atoms with Crippen LogP contribution in [0, 0.1) is 0 Å². The molecule has 30 heavy (non-hydrogen) atoms. The quantitative estimate of drug-likeness (QED) is 0.403. The number of benzene rings is 2. The predicted octanol–water partition coefficient (Wildman–Crippen LogP) is 5.51. The van der Waals surface area contributed by atoms with Crippen LogP contribution in [0.25, 0.3) is 10.9 Å². The molecular weight excluding hydrogens is 514 g/mol. The Bertz CT molecular complexity index is 1180. The highest BCUT2D eigenvalue weighted by Gasteiger charge is 2.23. The van der Waals surface area contributed by atoms with Crippen molar-refractivity contribution in [3.8, 4) is 11.5 Å². The smallest absolute Gasteiger partial charge is 0.282 e. The van der Waals surface area contributed by atoms with Crippen molar-refractivity contribution in [3.63, 3.8) is 0 Å². The molecule has 8 heteroatoms. The number of ether oxygens (including phenoxy) is 2. The first-order chi connectivity index (χ1) is 14.2. The Kier molecular flexibility index (Phi) is 6.67. The summed E-state index contributed by atoms with van der Waals surface area (Å²) in [6.07, 6.45) is 1.62. The van der Waals surface area contributed by atoms with Crippen LogP contribution >= 0.6 is 31.9 Å². The first kappa shape index (κ1) is 22.5. The summed E-state index contributed by atoms with van der Waals surface area (Å²) >= 11 is 6.96. The maximum absolute atomic E-state index is 13.3. The van der Waals surface area contributed by atoms with Gasteiger partial charge in [-0.2, -0.15) is 9.78 Å². The minimum absolute atomic E-state index is 0.225. The molecule has 0 amide bonds. The van der Waals surface area contributed by atoms with Gasteiger partial charge in [0, 0.05) is 19.9 Å². The van der Waals surface area contributed by atoms with Crippen LogP contribution < -0.4 is 15.0 Å². The Morgan fingerprint density at radius 2 is 1.90 bits per heavy atom. The highest BCUT2D eigenvalue weighted by atomic mass is 79.9. The van der Waals surface area contributed by atoms with Crippen molar-refractivity contribution in [2.24, 2.45) is 5.10 Å². The summed E-state index contributed by atoms with van der Waals surface area (Å²) in [5.74, 6) is 1.80. The van der Waals surface area contributed by atoms with E-state index >= 15 is 0 Å². The topological polar surface area (TPSA) is 65.7 Å². The lowest BCUT2D eigenvalue weighted by Crippen LogP contribution is -2.29. The molecule has 3 aromatic rings. The highest BCUT2D eigenvalue weighted by molar-refractivity contribution is 9.10. The Labute approximate surface area is 192 Å². The second-order valence-corrected chi connectivity index (χ2v) is 9.44. The number of hydrogen-bond donors (Lipinski definition) is 0. The van der Waals surface area contributed by atoms with Gasteiger partial charge in [0.1, 0.15) is 5.82 Å². The van der Waals surface area contributed by atoms with Gasteiger partial charge in [0.2, 0.25) is 0 Å². The van der Waals surface area contributed by atoms with Crippen molar-refractivity contribution in [1.82, 2.24) is 9.66 Å². The molecule has 0 aliphatic heterocycles. The van der Waals surface area contributed by atoms with Gasteiger partial charge in [-0.25, -0.2) is 4.98 Å². The summed E-state index contributed by atoms with van der Waals surface area (Å²) in [6, 6.07) is 9.11. The summed E-state index contributed by atoms with van der Waals surface area (Å²) in [5.41, 5.74) is 0.784. The molecule has 0 saturated carbocycles. The van der Waals surface area contributed by atoms with E-state index in [1.54, 1.807) is 19.4 Å². The molecule has 1 heterocycles. The van der Waals surface area contributed by atoms with Gasteiger partial charge in [-0.05, 0) is 53.2 Å². The molecule has 0 aliphatic rings. The van der Waals surface area contributed by atoms with Gasteiger partial charge in [0.05, 0.1) is 30.8 Å². The fourth-order valence-corrected chi connectivity index (χ4v) is 3.72. The van der Waals surface area contributed by atoms with Crippen LogP contribution in [-0.4, -0.2) is 29.6 Å². The van der Waals surface area contributed by atoms with Crippen LogP contribution in [0.4, 0.5) is 0 Å². The van der Waals surface area contributed by atoms with E-state index in [1.807, 2.05) is 52.0 Å². The first-order valence-corrected chi connectivity index (χ1v) is 11.0. The SMILES string of the molecule is CCOc1cc(C=Nn2c(C(C)(C)C)nc3ccc(Br)cc3c2=O)c(Br)cc1OC. The van der Waals surface area contributed by atoms with Crippen molar-refractivity contribution in [1.29, 1.82) is 0 Å². The van der Waals surface area contributed by atoms with Crippen molar-refractivity contribution in [3.05, 3.63) is 61.0 Å². The molecule has 0 atom stereocenters. The van der Waals surface area contributed by atoms with Crippen LogP contribution in [0.2, 0.25) is 0 Å². The number of nitrogens with zero attached hydrogens (tertiary/aromatic N) is 3. The molecule has 158 valence electrons. The third kappa shape index (κ3) is 4.59. The van der Waals surface area contributed by atoms with E-state index in [0.29, 0.717) is 34.8 Å².